The van der Waals surface area contributed by atoms with Gasteiger partial charge in [0, 0.05) is 23.7 Å². The van der Waals surface area contributed by atoms with E-state index < -0.39 is 33.9 Å². The smallest absolute Gasteiger partial charge is 0.201 e. The van der Waals surface area contributed by atoms with Crippen LogP contribution >= 0.6 is 0 Å². The van der Waals surface area contributed by atoms with Crippen LogP contribution in [0.5, 0.6) is 0 Å². The van der Waals surface area contributed by atoms with Crippen molar-refractivity contribution in [2.24, 2.45) is 0 Å². The predicted octanol–water partition coefficient (Wildman–Crippen LogP) is 2.66. The van der Waals surface area contributed by atoms with Crippen molar-refractivity contribution in [1.82, 2.24) is 9.71 Å². The highest BCUT2D eigenvalue weighted by atomic mass is 32.2. The summed E-state index contributed by atoms with van der Waals surface area (Å²) in [5.41, 5.74) is 0.590. The molecule has 2 aromatic carbocycles. The summed E-state index contributed by atoms with van der Waals surface area (Å²) in [5.74, 6) is -2.30. The number of benzene rings is 2. The Morgan fingerprint density at radius 3 is 2.69 bits per heavy atom. The van der Waals surface area contributed by atoms with Gasteiger partial charge in [0.25, 0.3) is 0 Å². The van der Waals surface area contributed by atoms with Crippen molar-refractivity contribution < 1.29 is 22.0 Å². The fourth-order valence-corrected chi connectivity index (χ4v) is 3.27. The van der Waals surface area contributed by atoms with E-state index in [1.54, 1.807) is 12.1 Å². The maximum atomic E-state index is 14.8. The van der Waals surface area contributed by atoms with Gasteiger partial charge >= 0.3 is 0 Å². The standard InChI is InChI=1S/C20H15F2N3O3S/c21-16-8-13(2-1-5-25-29(27)28)19(22)17(9-16)20(26)14-3-4-18-15(7-14)6-12(10-23)11-24-18/h3-4,6-9,11,29H,1-2,5H2,(H,25,27,28). The molecule has 0 fully saturated rings. The van der Waals surface area contributed by atoms with Crippen LogP contribution in [0.15, 0.2) is 42.6 Å². The van der Waals surface area contributed by atoms with E-state index in [1.165, 1.54) is 18.3 Å². The summed E-state index contributed by atoms with van der Waals surface area (Å²) in [6.07, 6.45) is 1.71. The number of pyridine rings is 1. The average molecular weight is 415 g/mol. The molecule has 0 bridgehead atoms. The monoisotopic (exact) mass is 415 g/mol. The third kappa shape index (κ3) is 4.80. The number of nitrogens with zero attached hydrogens (tertiary/aromatic N) is 2. The summed E-state index contributed by atoms with van der Waals surface area (Å²) in [5, 5.41) is 9.52. The third-order valence-corrected chi connectivity index (χ3v) is 4.78. The molecule has 0 saturated heterocycles. The van der Waals surface area contributed by atoms with Crippen LogP contribution in [-0.4, -0.2) is 25.7 Å². The van der Waals surface area contributed by atoms with Crippen molar-refractivity contribution >= 4 is 27.6 Å². The van der Waals surface area contributed by atoms with Crippen LogP contribution in [0.3, 0.4) is 0 Å². The Labute approximate surface area is 166 Å². The highest BCUT2D eigenvalue weighted by Crippen LogP contribution is 2.23. The first-order chi connectivity index (χ1) is 13.9. The van der Waals surface area contributed by atoms with Crippen LogP contribution in [-0.2, 0) is 17.3 Å². The van der Waals surface area contributed by atoms with E-state index in [-0.39, 0.29) is 30.5 Å². The number of ketones is 1. The highest BCUT2D eigenvalue weighted by molar-refractivity contribution is 7.70. The molecule has 0 saturated carbocycles. The molecular weight excluding hydrogens is 400 g/mol. The number of halogens is 2. The number of aryl methyl sites for hydroxylation is 1. The van der Waals surface area contributed by atoms with E-state index in [1.807, 2.05) is 6.07 Å². The van der Waals surface area contributed by atoms with Crippen molar-refractivity contribution in [2.45, 2.75) is 12.8 Å². The molecule has 0 spiro atoms. The molecule has 0 radical (unpaired) electrons. The van der Waals surface area contributed by atoms with Crippen LogP contribution in [0, 0.1) is 23.0 Å². The largest absolute Gasteiger partial charge is 0.288 e. The molecule has 1 aromatic heterocycles. The Morgan fingerprint density at radius 1 is 1.17 bits per heavy atom. The summed E-state index contributed by atoms with van der Waals surface area (Å²) in [6, 6.07) is 9.84. The summed E-state index contributed by atoms with van der Waals surface area (Å²) in [7, 11) is -2.76. The molecule has 6 nitrogen and oxygen atoms in total. The van der Waals surface area contributed by atoms with Crippen LogP contribution < -0.4 is 4.72 Å². The molecule has 148 valence electrons. The Bertz CT molecular complexity index is 1210. The quantitative estimate of drug-likeness (QED) is 0.351. The van der Waals surface area contributed by atoms with Gasteiger partial charge in [0.15, 0.2) is 5.78 Å². The van der Waals surface area contributed by atoms with Crippen molar-refractivity contribution in [3.8, 4) is 6.07 Å². The van der Waals surface area contributed by atoms with Gasteiger partial charge in [-0.15, -0.1) is 0 Å². The lowest BCUT2D eigenvalue weighted by molar-refractivity contribution is 0.103. The summed E-state index contributed by atoms with van der Waals surface area (Å²) in [4.78, 5) is 16.9. The molecule has 3 rings (SSSR count). The first-order valence-corrected chi connectivity index (χ1v) is 9.77. The Hall–Kier alpha value is -3.22. The molecule has 0 unspecified atom stereocenters. The average Bonchev–Trinajstić information content (AvgIpc) is 2.71. The topological polar surface area (TPSA) is 99.9 Å². The summed E-state index contributed by atoms with van der Waals surface area (Å²) >= 11 is 0. The zero-order valence-electron chi connectivity index (χ0n) is 15.0. The Morgan fingerprint density at radius 2 is 1.97 bits per heavy atom. The number of thiol groups is 1. The lowest BCUT2D eigenvalue weighted by atomic mass is 9.97. The minimum atomic E-state index is -2.76. The summed E-state index contributed by atoms with van der Waals surface area (Å²) in [6.45, 7) is 0.0802. The number of carbonyl (C=O) groups is 1. The normalized spacial score (nSPS) is 11.0. The predicted molar refractivity (Wildman–Crippen MR) is 103 cm³/mol. The van der Waals surface area contributed by atoms with E-state index in [9.17, 15) is 22.0 Å². The number of hydrogen-bond acceptors (Lipinski definition) is 5. The molecule has 9 heteroatoms. The summed E-state index contributed by atoms with van der Waals surface area (Å²) < 4.78 is 52.0. The molecule has 0 aliphatic heterocycles. The molecule has 29 heavy (non-hydrogen) atoms. The Kier molecular flexibility index (Phi) is 6.26. The number of carbonyl (C=O) groups excluding carboxylic acids is 1. The van der Waals surface area contributed by atoms with Crippen LogP contribution in [0.2, 0.25) is 0 Å². The minimum Gasteiger partial charge on any atom is -0.288 e. The second kappa shape index (κ2) is 8.86. The lowest BCUT2D eigenvalue weighted by Crippen LogP contribution is -2.14. The maximum absolute atomic E-state index is 14.8. The number of rotatable bonds is 7. The molecule has 0 aliphatic rings. The van der Waals surface area contributed by atoms with Gasteiger partial charge in [-0.3, -0.25) is 9.78 Å². The number of fused-ring (bicyclic) bond motifs is 1. The van der Waals surface area contributed by atoms with Gasteiger partial charge in [0.2, 0.25) is 10.9 Å². The molecule has 3 aromatic rings. The van der Waals surface area contributed by atoms with Crippen molar-refractivity contribution in [2.75, 3.05) is 6.54 Å². The van der Waals surface area contributed by atoms with E-state index in [0.29, 0.717) is 16.5 Å². The van der Waals surface area contributed by atoms with E-state index in [2.05, 4.69) is 9.71 Å². The molecular formula is C20H15F2N3O3S. The SMILES string of the molecule is N#Cc1cnc2ccc(C(=O)c3cc(F)cc(CCCN[SH](=O)=O)c3F)cc2c1. The number of aromatic nitrogens is 1. The van der Waals surface area contributed by atoms with Crippen LogP contribution in [0.25, 0.3) is 10.9 Å². The van der Waals surface area contributed by atoms with E-state index in [4.69, 9.17) is 5.26 Å². The first kappa shape index (κ1) is 20.5. The highest BCUT2D eigenvalue weighted by Gasteiger charge is 2.19. The maximum Gasteiger partial charge on any atom is 0.201 e. The van der Waals surface area contributed by atoms with Gasteiger partial charge in [-0.1, -0.05) is 0 Å². The third-order valence-electron chi connectivity index (χ3n) is 4.29. The van der Waals surface area contributed by atoms with Gasteiger partial charge in [0.1, 0.15) is 17.7 Å². The molecule has 1 heterocycles. The van der Waals surface area contributed by atoms with Gasteiger partial charge in [-0.2, -0.15) is 5.26 Å². The lowest BCUT2D eigenvalue weighted by Gasteiger charge is -2.09. The van der Waals surface area contributed by atoms with Crippen molar-refractivity contribution in [3.63, 3.8) is 0 Å². The number of nitriles is 1. The van der Waals surface area contributed by atoms with Gasteiger partial charge in [-0.05, 0) is 54.8 Å². The second-order valence-electron chi connectivity index (χ2n) is 6.27. The first-order valence-electron chi connectivity index (χ1n) is 8.59. The number of hydrogen-bond donors (Lipinski definition) is 2. The molecule has 0 aliphatic carbocycles. The zero-order valence-corrected chi connectivity index (χ0v) is 15.9. The minimum absolute atomic E-state index is 0.00880. The van der Waals surface area contributed by atoms with Gasteiger partial charge < -0.3 is 0 Å². The van der Waals surface area contributed by atoms with Crippen molar-refractivity contribution in [3.05, 3.63) is 76.5 Å². The Balaban J connectivity index is 1.92. The van der Waals surface area contributed by atoms with Crippen LogP contribution in [0.1, 0.15) is 33.5 Å². The van der Waals surface area contributed by atoms with Crippen LogP contribution in [0.4, 0.5) is 8.78 Å². The molecule has 1 N–H and O–H groups in total. The second-order valence-corrected chi connectivity index (χ2v) is 7.10. The zero-order chi connectivity index (χ0) is 21.0. The fourth-order valence-electron chi connectivity index (χ4n) is 2.93. The number of nitrogens with one attached hydrogen (secondary N) is 1. The van der Waals surface area contributed by atoms with E-state index in [0.717, 1.165) is 12.1 Å². The molecule has 0 amide bonds. The van der Waals surface area contributed by atoms with Gasteiger partial charge in [0.05, 0.1) is 16.6 Å². The van der Waals surface area contributed by atoms with Crippen molar-refractivity contribution in [1.29, 1.82) is 5.26 Å². The fraction of sp³-hybridized carbons (Fsp3) is 0.150. The van der Waals surface area contributed by atoms with Gasteiger partial charge in [-0.25, -0.2) is 21.9 Å². The van der Waals surface area contributed by atoms with E-state index >= 15 is 0 Å². The molecule has 0 atom stereocenters.